The molecule has 0 saturated carbocycles. The smallest absolute Gasteiger partial charge is 0.164 e. The molecular weight excluding hydrogens is 190 g/mol. The van der Waals surface area contributed by atoms with Crippen LogP contribution >= 0.6 is 0 Å². The summed E-state index contributed by atoms with van der Waals surface area (Å²) < 4.78 is 5.97. The van der Waals surface area contributed by atoms with Gasteiger partial charge in [0, 0.05) is 19.5 Å². The molecule has 0 aliphatic carbocycles. The average molecular weight is 211 g/mol. The third kappa shape index (κ3) is 2.08. The van der Waals surface area contributed by atoms with E-state index in [1.54, 1.807) is 0 Å². The Labute approximate surface area is 91.8 Å². The number of rotatable bonds is 2. The highest BCUT2D eigenvalue weighted by Crippen LogP contribution is 2.37. The van der Waals surface area contributed by atoms with Gasteiger partial charge in [-0.25, -0.2) is 0 Å². The van der Waals surface area contributed by atoms with Crippen molar-refractivity contribution in [3.05, 3.63) is 0 Å². The van der Waals surface area contributed by atoms with E-state index >= 15 is 0 Å². The van der Waals surface area contributed by atoms with Crippen molar-refractivity contribution < 1.29 is 9.53 Å². The number of piperidine rings is 1. The zero-order valence-corrected chi connectivity index (χ0v) is 9.79. The molecule has 0 bridgehead atoms. The molecule has 0 amide bonds. The first-order valence-electron chi connectivity index (χ1n) is 6.12. The van der Waals surface area contributed by atoms with Crippen LogP contribution in [0.1, 0.15) is 39.5 Å². The molecule has 2 aliphatic heterocycles. The lowest BCUT2D eigenvalue weighted by molar-refractivity contribution is -0.124. The molecule has 2 fully saturated rings. The fourth-order valence-corrected chi connectivity index (χ4v) is 2.72. The normalized spacial score (nSPS) is 31.3. The maximum atomic E-state index is 11.7. The van der Waals surface area contributed by atoms with Crippen LogP contribution < -0.4 is 0 Å². The molecule has 1 atom stereocenters. The number of carbonyl (C=O) groups is 1. The van der Waals surface area contributed by atoms with Gasteiger partial charge >= 0.3 is 0 Å². The Balaban J connectivity index is 1.97. The van der Waals surface area contributed by atoms with Gasteiger partial charge in [0.15, 0.2) is 5.78 Å². The number of carbonyl (C=O) groups excluding carboxylic acids is 1. The Kier molecular flexibility index (Phi) is 3.12. The van der Waals surface area contributed by atoms with Gasteiger partial charge in [0.1, 0.15) is 6.10 Å². The Bertz CT molecular complexity index is 244. The lowest BCUT2D eigenvalue weighted by Crippen LogP contribution is -2.44. The number of Topliss-reactive ketones (excluding diaryl/α,β-unsaturated/α-hetero) is 1. The fraction of sp³-hybridized carbons (Fsp3) is 0.917. The molecule has 3 heteroatoms. The van der Waals surface area contributed by atoms with E-state index in [4.69, 9.17) is 4.74 Å². The maximum Gasteiger partial charge on any atom is 0.164 e. The number of likely N-dealkylation sites (tertiary alicyclic amines) is 1. The van der Waals surface area contributed by atoms with E-state index in [0.717, 1.165) is 38.9 Å². The molecule has 2 aliphatic rings. The Morgan fingerprint density at radius 3 is 2.53 bits per heavy atom. The summed E-state index contributed by atoms with van der Waals surface area (Å²) in [7, 11) is 0. The van der Waals surface area contributed by atoms with Crippen molar-refractivity contribution in [2.45, 2.75) is 51.2 Å². The molecule has 1 spiro atoms. The molecule has 2 saturated heterocycles. The molecular formula is C12H21NO2. The first-order chi connectivity index (χ1) is 7.19. The first kappa shape index (κ1) is 11.1. The molecule has 1 unspecified atom stereocenters. The van der Waals surface area contributed by atoms with Crippen molar-refractivity contribution in [1.29, 1.82) is 0 Å². The van der Waals surface area contributed by atoms with Crippen LogP contribution in [0.5, 0.6) is 0 Å². The van der Waals surface area contributed by atoms with E-state index in [1.165, 1.54) is 0 Å². The van der Waals surface area contributed by atoms with Crippen molar-refractivity contribution in [2.24, 2.45) is 0 Å². The highest BCUT2D eigenvalue weighted by atomic mass is 16.5. The highest BCUT2D eigenvalue weighted by Gasteiger charge is 2.46. The van der Waals surface area contributed by atoms with Crippen LogP contribution in [-0.4, -0.2) is 42.0 Å². The van der Waals surface area contributed by atoms with Gasteiger partial charge < -0.3 is 9.64 Å². The van der Waals surface area contributed by atoms with Crippen molar-refractivity contribution in [3.8, 4) is 0 Å². The summed E-state index contributed by atoms with van der Waals surface area (Å²) in [5.41, 5.74) is -0.0938. The molecule has 0 aromatic rings. The number of ketones is 1. The van der Waals surface area contributed by atoms with Crippen LogP contribution in [0.2, 0.25) is 0 Å². The summed E-state index contributed by atoms with van der Waals surface area (Å²) in [5.74, 6) is 0.322. The van der Waals surface area contributed by atoms with Crippen molar-refractivity contribution in [3.63, 3.8) is 0 Å². The standard InChI is InChI=1S/C12H21NO2/c1-3-11-10(14)9-12(15-11)5-7-13(4-2)8-6-12/h11H,3-9H2,1-2H3. The van der Waals surface area contributed by atoms with E-state index in [-0.39, 0.29) is 11.7 Å². The van der Waals surface area contributed by atoms with E-state index in [1.807, 2.05) is 6.92 Å². The van der Waals surface area contributed by atoms with E-state index in [9.17, 15) is 4.79 Å². The fourth-order valence-electron chi connectivity index (χ4n) is 2.72. The number of hydrogen-bond donors (Lipinski definition) is 0. The lowest BCUT2D eigenvalue weighted by Gasteiger charge is -2.38. The number of hydrogen-bond acceptors (Lipinski definition) is 3. The summed E-state index contributed by atoms with van der Waals surface area (Å²) in [6.45, 7) is 7.50. The second-order valence-corrected chi connectivity index (χ2v) is 4.78. The van der Waals surface area contributed by atoms with E-state index in [2.05, 4.69) is 11.8 Å². The molecule has 0 radical (unpaired) electrons. The minimum Gasteiger partial charge on any atom is -0.363 e. The Morgan fingerprint density at radius 1 is 1.40 bits per heavy atom. The molecule has 15 heavy (non-hydrogen) atoms. The predicted molar refractivity (Wildman–Crippen MR) is 58.9 cm³/mol. The van der Waals surface area contributed by atoms with E-state index < -0.39 is 0 Å². The quantitative estimate of drug-likeness (QED) is 0.695. The van der Waals surface area contributed by atoms with Gasteiger partial charge in [-0.15, -0.1) is 0 Å². The van der Waals surface area contributed by atoms with Crippen LogP contribution in [0.15, 0.2) is 0 Å². The predicted octanol–water partition coefficient (Wildman–Crippen LogP) is 1.61. The molecule has 2 rings (SSSR count). The zero-order chi connectivity index (χ0) is 10.9. The molecule has 0 aromatic heterocycles. The summed E-state index contributed by atoms with van der Waals surface area (Å²) in [4.78, 5) is 14.1. The van der Waals surface area contributed by atoms with Crippen LogP contribution in [0, 0.1) is 0 Å². The Hall–Kier alpha value is -0.410. The molecule has 3 nitrogen and oxygen atoms in total. The van der Waals surface area contributed by atoms with Crippen molar-refractivity contribution in [2.75, 3.05) is 19.6 Å². The first-order valence-corrected chi connectivity index (χ1v) is 6.12. The lowest BCUT2D eigenvalue weighted by atomic mass is 9.88. The molecule has 0 N–H and O–H groups in total. The SMILES string of the molecule is CCC1OC2(CCN(CC)CC2)CC1=O. The molecule has 0 aromatic carbocycles. The van der Waals surface area contributed by atoms with Crippen molar-refractivity contribution in [1.82, 2.24) is 4.90 Å². The third-order valence-corrected chi connectivity index (χ3v) is 3.83. The monoisotopic (exact) mass is 211 g/mol. The van der Waals surface area contributed by atoms with Gasteiger partial charge in [0.25, 0.3) is 0 Å². The summed E-state index contributed by atoms with van der Waals surface area (Å²) >= 11 is 0. The zero-order valence-electron chi connectivity index (χ0n) is 9.79. The molecule has 86 valence electrons. The largest absolute Gasteiger partial charge is 0.363 e. The summed E-state index contributed by atoms with van der Waals surface area (Å²) in [5, 5.41) is 0. The number of nitrogens with zero attached hydrogens (tertiary/aromatic N) is 1. The van der Waals surface area contributed by atoms with Crippen molar-refractivity contribution >= 4 is 5.78 Å². The minimum atomic E-state index is -0.113. The minimum absolute atomic E-state index is 0.0938. The highest BCUT2D eigenvalue weighted by molar-refractivity contribution is 5.86. The maximum absolute atomic E-state index is 11.7. The second kappa shape index (κ2) is 4.22. The van der Waals surface area contributed by atoms with Gasteiger partial charge in [-0.2, -0.15) is 0 Å². The van der Waals surface area contributed by atoms with Crippen LogP contribution in [0.4, 0.5) is 0 Å². The van der Waals surface area contributed by atoms with Gasteiger partial charge in [0.2, 0.25) is 0 Å². The van der Waals surface area contributed by atoms with Gasteiger partial charge in [0.05, 0.1) is 5.60 Å². The molecule has 2 heterocycles. The summed E-state index contributed by atoms with van der Waals surface area (Å²) in [6, 6.07) is 0. The van der Waals surface area contributed by atoms with Gasteiger partial charge in [-0.1, -0.05) is 13.8 Å². The average Bonchev–Trinajstić information content (AvgIpc) is 2.56. The summed E-state index contributed by atoms with van der Waals surface area (Å²) in [6.07, 6.45) is 3.44. The van der Waals surface area contributed by atoms with Gasteiger partial charge in [-0.05, 0) is 25.8 Å². The van der Waals surface area contributed by atoms with Crippen LogP contribution in [0.3, 0.4) is 0 Å². The van der Waals surface area contributed by atoms with Crippen LogP contribution in [-0.2, 0) is 9.53 Å². The van der Waals surface area contributed by atoms with Crippen LogP contribution in [0.25, 0.3) is 0 Å². The third-order valence-electron chi connectivity index (χ3n) is 3.83. The topological polar surface area (TPSA) is 29.5 Å². The van der Waals surface area contributed by atoms with Gasteiger partial charge in [-0.3, -0.25) is 4.79 Å². The number of ether oxygens (including phenoxy) is 1. The Morgan fingerprint density at radius 2 is 2.07 bits per heavy atom. The van der Waals surface area contributed by atoms with E-state index in [0.29, 0.717) is 12.2 Å². The second-order valence-electron chi connectivity index (χ2n) is 4.78.